The van der Waals surface area contributed by atoms with Crippen LogP contribution < -0.4 is 0 Å². The van der Waals surface area contributed by atoms with Crippen molar-refractivity contribution in [2.24, 2.45) is 0 Å². The molecule has 0 fully saturated rings. The van der Waals surface area contributed by atoms with Crippen molar-refractivity contribution in [3.05, 3.63) is 12.2 Å². The van der Waals surface area contributed by atoms with Crippen LogP contribution in [0.4, 0.5) is 0 Å². The Labute approximate surface area is 150 Å². The summed E-state index contributed by atoms with van der Waals surface area (Å²) >= 11 is 0. The first kappa shape index (κ1) is 23.6. The van der Waals surface area contributed by atoms with E-state index in [1.165, 1.54) is 77.0 Å². The van der Waals surface area contributed by atoms with Crippen LogP contribution in [0.5, 0.6) is 0 Å². The number of hydrogen-bond acceptors (Lipinski definition) is 3. The van der Waals surface area contributed by atoms with Crippen molar-refractivity contribution in [1.82, 2.24) is 0 Å². The molecule has 0 radical (unpaired) electrons. The second-order valence-electron chi connectivity index (χ2n) is 7.04. The number of aliphatic hydroxyl groups is 3. The van der Waals surface area contributed by atoms with Crippen LogP contribution in [-0.2, 0) is 0 Å². The molecule has 0 aromatic carbocycles. The van der Waals surface area contributed by atoms with Gasteiger partial charge in [-0.2, -0.15) is 0 Å². The van der Waals surface area contributed by atoms with E-state index in [9.17, 15) is 10.2 Å². The summed E-state index contributed by atoms with van der Waals surface area (Å²) in [5.74, 6) is 0. The smallest absolute Gasteiger partial charge is 0.103 e. The molecule has 0 aliphatic rings. The minimum absolute atomic E-state index is 0.354. The first-order chi connectivity index (χ1) is 11.7. The molecule has 0 aliphatic carbocycles. The number of hydrogen-bond donors (Lipinski definition) is 3. The molecule has 0 aromatic heterocycles. The number of allylic oxidation sites excluding steroid dienone is 2. The Morgan fingerprint density at radius 3 is 1.58 bits per heavy atom. The third kappa shape index (κ3) is 16.5. The van der Waals surface area contributed by atoms with Crippen LogP contribution in [0.25, 0.3) is 0 Å². The van der Waals surface area contributed by atoms with E-state index in [-0.39, 0.29) is 6.61 Å². The Bertz CT molecular complexity index is 266. The zero-order valence-corrected chi connectivity index (χ0v) is 16.0. The molecule has 0 spiro atoms. The Morgan fingerprint density at radius 1 is 0.625 bits per heavy atom. The normalized spacial score (nSPS) is 14.3. The molecule has 3 nitrogen and oxygen atoms in total. The van der Waals surface area contributed by atoms with Gasteiger partial charge in [-0.25, -0.2) is 0 Å². The van der Waals surface area contributed by atoms with Crippen molar-refractivity contribution >= 4 is 0 Å². The van der Waals surface area contributed by atoms with Crippen molar-refractivity contribution in [3.63, 3.8) is 0 Å². The third-order valence-corrected chi connectivity index (χ3v) is 4.64. The Morgan fingerprint density at radius 2 is 1.08 bits per heavy atom. The summed E-state index contributed by atoms with van der Waals surface area (Å²) in [7, 11) is 0. The average molecular weight is 343 g/mol. The highest BCUT2D eigenvalue weighted by Crippen LogP contribution is 2.12. The second-order valence-corrected chi connectivity index (χ2v) is 7.04. The van der Waals surface area contributed by atoms with Gasteiger partial charge in [0.05, 0.1) is 12.7 Å². The van der Waals surface area contributed by atoms with E-state index < -0.39 is 12.2 Å². The molecule has 0 aliphatic heterocycles. The molecule has 24 heavy (non-hydrogen) atoms. The maximum Gasteiger partial charge on any atom is 0.103 e. The summed E-state index contributed by atoms with van der Waals surface area (Å²) in [5.41, 5.74) is 0. The fourth-order valence-electron chi connectivity index (χ4n) is 2.92. The summed E-state index contributed by atoms with van der Waals surface area (Å²) in [6.45, 7) is 1.91. The van der Waals surface area contributed by atoms with Gasteiger partial charge < -0.3 is 15.3 Å². The minimum Gasteiger partial charge on any atom is -0.394 e. The number of aliphatic hydroxyl groups excluding tert-OH is 3. The van der Waals surface area contributed by atoms with Crippen molar-refractivity contribution in [3.8, 4) is 0 Å². The van der Waals surface area contributed by atoms with Crippen LogP contribution in [0.2, 0.25) is 0 Å². The first-order valence-electron chi connectivity index (χ1n) is 10.3. The highest BCUT2D eigenvalue weighted by Gasteiger charge is 2.13. The zero-order chi connectivity index (χ0) is 17.9. The van der Waals surface area contributed by atoms with Crippen LogP contribution in [-0.4, -0.2) is 34.1 Å². The minimum atomic E-state index is -0.979. The van der Waals surface area contributed by atoms with E-state index in [4.69, 9.17) is 5.11 Å². The summed E-state index contributed by atoms with van der Waals surface area (Å²) in [6, 6.07) is 0. The van der Waals surface area contributed by atoms with Crippen LogP contribution in [0.1, 0.15) is 103 Å². The third-order valence-electron chi connectivity index (χ3n) is 4.64. The Kier molecular flexibility index (Phi) is 18.7. The molecule has 0 bridgehead atoms. The van der Waals surface area contributed by atoms with Gasteiger partial charge in [-0.1, -0.05) is 83.3 Å². The molecule has 0 saturated heterocycles. The van der Waals surface area contributed by atoms with Crippen LogP contribution in [0, 0.1) is 0 Å². The van der Waals surface area contributed by atoms with Crippen LogP contribution in [0.3, 0.4) is 0 Å². The van der Waals surface area contributed by atoms with Gasteiger partial charge in [-0.15, -0.1) is 0 Å². The fourth-order valence-corrected chi connectivity index (χ4v) is 2.92. The first-order valence-corrected chi connectivity index (χ1v) is 10.3. The lowest BCUT2D eigenvalue weighted by Crippen LogP contribution is -2.28. The molecule has 0 amide bonds. The van der Waals surface area contributed by atoms with E-state index in [1.54, 1.807) is 0 Å². The Hall–Kier alpha value is -0.380. The fraction of sp³-hybridized carbons (Fsp3) is 0.905. The lowest BCUT2D eigenvalue weighted by Gasteiger charge is -2.14. The van der Waals surface area contributed by atoms with E-state index in [0.717, 1.165) is 12.8 Å². The zero-order valence-electron chi connectivity index (χ0n) is 16.0. The number of rotatable bonds is 18. The maximum absolute atomic E-state index is 9.52. The summed E-state index contributed by atoms with van der Waals surface area (Å²) in [5, 5.41) is 27.5. The molecule has 1 unspecified atom stereocenters. The molecule has 0 saturated carbocycles. The molecule has 0 rings (SSSR count). The lowest BCUT2D eigenvalue weighted by atomic mass is 10.0. The molecule has 3 heteroatoms. The van der Waals surface area contributed by atoms with Gasteiger partial charge >= 0.3 is 0 Å². The van der Waals surface area contributed by atoms with E-state index >= 15 is 0 Å². The van der Waals surface area contributed by atoms with Gasteiger partial charge in [0.15, 0.2) is 0 Å². The average Bonchev–Trinajstić information content (AvgIpc) is 2.60. The molecule has 0 heterocycles. The van der Waals surface area contributed by atoms with Gasteiger partial charge in [0.2, 0.25) is 0 Å². The highest BCUT2D eigenvalue weighted by atomic mass is 16.4. The van der Waals surface area contributed by atoms with Crippen LogP contribution >= 0.6 is 0 Å². The van der Waals surface area contributed by atoms with E-state index in [1.807, 2.05) is 0 Å². The van der Waals surface area contributed by atoms with E-state index in [2.05, 4.69) is 19.1 Å². The molecular formula is C21H42O3. The van der Waals surface area contributed by atoms with E-state index in [0.29, 0.717) is 6.42 Å². The molecule has 144 valence electrons. The van der Waals surface area contributed by atoms with Crippen molar-refractivity contribution < 1.29 is 15.3 Å². The van der Waals surface area contributed by atoms with Crippen molar-refractivity contribution in [2.45, 2.75) is 115 Å². The maximum atomic E-state index is 9.52. The highest BCUT2D eigenvalue weighted by molar-refractivity contribution is 4.81. The topological polar surface area (TPSA) is 60.7 Å². The molecule has 0 aromatic rings. The molecule has 3 N–H and O–H groups in total. The van der Waals surface area contributed by atoms with Crippen molar-refractivity contribution in [1.29, 1.82) is 0 Å². The van der Waals surface area contributed by atoms with Gasteiger partial charge in [-0.05, 0) is 32.1 Å². The van der Waals surface area contributed by atoms with Gasteiger partial charge in [0.25, 0.3) is 0 Å². The summed E-state index contributed by atoms with van der Waals surface area (Å²) in [6.07, 6.45) is 21.3. The molecule has 2 atom stereocenters. The molecular weight excluding hydrogens is 300 g/mol. The summed E-state index contributed by atoms with van der Waals surface area (Å²) < 4.78 is 0. The SMILES string of the molecule is CCCCCCCC/C=C\CCCCCCCCC(O)[C@@H](O)CO. The number of unbranched alkanes of at least 4 members (excludes halogenated alkanes) is 12. The second kappa shape index (κ2) is 19.0. The predicted molar refractivity (Wildman–Crippen MR) is 103 cm³/mol. The monoisotopic (exact) mass is 342 g/mol. The predicted octanol–water partition coefficient (Wildman–Crippen LogP) is 5.13. The van der Waals surface area contributed by atoms with Gasteiger partial charge in [0.1, 0.15) is 6.10 Å². The van der Waals surface area contributed by atoms with Crippen LogP contribution in [0.15, 0.2) is 12.2 Å². The standard InChI is InChI=1S/C21H42O3/c1-2-3-4-5-6-7-8-9-10-11-12-13-14-15-16-17-18-20(23)21(24)19-22/h9-10,20-24H,2-8,11-19H2,1H3/b10-9-/t20?,21-/m0/s1. The van der Waals surface area contributed by atoms with Gasteiger partial charge in [0, 0.05) is 0 Å². The Balaban J connectivity index is 3.18. The largest absolute Gasteiger partial charge is 0.394 e. The van der Waals surface area contributed by atoms with Crippen molar-refractivity contribution in [2.75, 3.05) is 6.61 Å². The quantitative estimate of drug-likeness (QED) is 0.239. The van der Waals surface area contributed by atoms with Gasteiger partial charge in [-0.3, -0.25) is 0 Å². The lowest BCUT2D eigenvalue weighted by molar-refractivity contribution is -0.0185. The summed E-state index contributed by atoms with van der Waals surface area (Å²) in [4.78, 5) is 0.